The van der Waals surface area contributed by atoms with Gasteiger partial charge in [-0.05, 0) is 19.5 Å². The Kier molecular flexibility index (Phi) is 4.17. The Balaban J connectivity index is 2.90. The molecule has 0 fully saturated rings. The standard InChI is InChI=1S/C11H15F2NO/c1-3-14-7(2)11(15)8-5-4-6-9(12)10(8)13/h4-7,11,14-15H,3H2,1-2H3. The maximum Gasteiger partial charge on any atom is 0.164 e. The number of rotatable bonds is 4. The van der Waals surface area contributed by atoms with E-state index in [1.54, 1.807) is 6.92 Å². The summed E-state index contributed by atoms with van der Waals surface area (Å²) in [6, 6.07) is 3.49. The third-order valence-corrected chi connectivity index (χ3v) is 2.30. The van der Waals surface area contributed by atoms with Gasteiger partial charge in [-0.3, -0.25) is 0 Å². The molecule has 0 aliphatic heterocycles. The Bertz CT molecular complexity index is 330. The van der Waals surface area contributed by atoms with Gasteiger partial charge in [0, 0.05) is 11.6 Å². The number of hydrogen-bond donors (Lipinski definition) is 2. The summed E-state index contributed by atoms with van der Waals surface area (Å²) in [6.07, 6.45) is -1.04. The molecule has 0 saturated heterocycles. The van der Waals surface area contributed by atoms with Crippen molar-refractivity contribution in [1.82, 2.24) is 5.32 Å². The van der Waals surface area contributed by atoms with E-state index < -0.39 is 17.7 Å². The first-order chi connectivity index (χ1) is 7.07. The van der Waals surface area contributed by atoms with E-state index in [4.69, 9.17) is 0 Å². The van der Waals surface area contributed by atoms with Gasteiger partial charge in [0.1, 0.15) is 0 Å². The summed E-state index contributed by atoms with van der Waals surface area (Å²) >= 11 is 0. The van der Waals surface area contributed by atoms with Crippen LogP contribution in [0.1, 0.15) is 25.5 Å². The number of nitrogens with one attached hydrogen (secondary N) is 1. The molecular formula is C11H15F2NO. The molecule has 2 atom stereocenters. The Hall–Kier alpha value is -1.00. The molecule has 0 aromatic heterocycles. The van der Waals surface area contributed by atoms with E-state index in [0.29, 0.717) is 6.54 Å². The zero-order valence-electron chi connectivity index (χ0n) is 8.80. The zero-order chi connectivity index (χ0) is 11.4. The van der Waals surface area contributed by atoms with Crippen LogP contribution in [0, 0.1) is 11.6 Å². The predicted octanol–water partition coefficient (Wildman–Crippen LogP) is 2.00. The summed E-state index contributed by atoms with van der Waals surface area (Å²) in [4.78, 5) is 0. The summed E-state index contributed by atoms with van der Waals surface area (Å²) in [5, 5.41) is 12.7. The van der Waals surface area contributed by atoms with Crippen molar-refractivity contribution in [3.8, 4) is 0 Å². The van der Waals surface area contributed by atoms with Gasteiger partial charge in [-0.25, -0.2) is 8.78 Å². The van der Waals surface area contributed by atoms with E-state index in [-0.39, 0.29) is 11.6 Å². The fraction of sp³-hybridized carbons (Fsp3) is 0.455. The number of hydrogen-bond acceptors (Lipinski definition) is 2. The van der Waals surface area contributed by atoms with Gasteiger partial charge in [0.2, 0.25) is 0 Å². The summed E-state index contributed by atoms with van der Waals surface area (Å²) in [6.45, 7) is 4.26. The molecule has 4 heteroatoms. The van der Waals surface area contributed by atoms with Crippen LogP contribution in [0.5, 0.6) is 0 Å². The van der Waals surface area contributed by atoms with E-state index >= 15 is 0 Å². The van der Waals surface area contributed by atoms with Crippen molar-refractivity contribution in [3.05, 3.63) is 35.4 Å². The van der Waals surface area contributed by atoms with E-state index in [0.717, 1.165) is 6.07 Å². The Labute approximate surface area is 87.9 Å². The number of aliphatic hydroxyl groups is 1. The molecule has 2 nitrogen and oxygen atoms in total. The second-order valence-electron chi connectivity index (χ2n) is 3.43. The lowest BCUT2D eigenvalue weighted by atomic mass is 10.0. The van der Waals surface area contributed by atoms with Gasteiger partial charge in [0.05, 0.1) is 6.10 Å². The van der Waals surface area contributed by atoms with E-state index in [2.05, 4.69) is 5.32 Å². The zero-order valence-corrected chi connectivity index (χ0v) is 8.80. The summed E-state index contributed by atoms with van der Waals surface area (Å²) in [7, 11) is 0. The number of benzene rings is 1. The molecule has 0 heterocycles. The Morgan fingerprint density at radius 1 is 1.40 bits per heavy atom. The van der Waals surface area contributed by atoms with Crippen LogP contribution in [0.25, 0.3) is 0 Å². The Morgan fingerprint density at radius 3 is 2.67 bits per heavy atom. The monoisotopic (exact) mass is 215 g/mol. The van der Waals surface area contributed by atoms with Crippen LogP contribution >= 0.6 is 0 Å². The van der Waals surface area contributed by atoms with Crippen LogP contribution in [0.4, 0.5) is 8.78 Å². The molecule has 0 aliphatic carbocycles. The van der Waals surface area contributed by atoms with Crippen molar-refractivity contribution in [2.75, 3.05) is 6.54 Å². The van der Waals surface area contributed by atoms with Crippen LogP contribution < -0.4 is 5.32 Å². The molecule has 0 aliphatic rings. The molecule has 0 bridgehead atoms. The van der Waals surface area contributed by atoms with Gasteiger partial charge in [-0.15, -0.1) is 0 Å². The maximum absolute atomic E-state index is 13.3. The van der Waals surface area contributed by atoms with Gasteiger partial charge < -0.3 is 10.4 Å². The third kappa shape index (κ3) is 2.73. The minimum absolute atomic E-state index is 0.0107. The minimum Gasteiger partial charge on any atom is -0.387 e. The highest BCUT2D eigenvalue weighted by Crippen LogP contribution is 2.21. The second kappa shape index (κ2) is 5.19. The molecule has 1 aromatic carbocycles. The molecule has 84 valence electrons. The summed E-state index contributed by atoms with van der Waals surface area (Å²) < 4.78 is 26.2. The lowest BCUT2D eigenvalue weighted by Gasteiger charge is -2.20. The summed E-state index contributed by atoms with van der Waals surface area (Å²) in [5.41, 5.74) is -0.0107. The van der Waals surface area contributed by atoms with Crippen molar-refractivity contribution in [1.29, 1.82) is 0 Å². The first kappa shape index (κ1) is 12.1. The van der Waals surface area contributed by atoms with Crippen LogP contribution in [-0.4, -0.2) is 17.7 Å². The number of halogens is 2. The maximum atomic E-state index is 13.3. The smallest absolute Gasteiger partial charge is 0.164 e. The van der Waals surface area contributed by atoms with Crippen molar-refractivity contribution in [3.63, 3.8) is 0 Å². The molecular weight excluding hydrogens is 200 g/mol. The lowest BCUT2D eigenvalue weighted by molar-refractivity contribution is 0.132. The first-order valence-corrected chi connectivity index (χ1v) is 4.93. The first-order valence-electron chi connectivity index (χ1n) is 4.93. The van der Waals surface area contributed by atoms with Crippen LogP contribution in [0.3, 0.4) is 0 Å². The molecule has 15 heavy (non-hydrogen) atoms. The second-order valence-corrected chi connectivity index (χ2v) is 3.43. The quantitative estimate of drug-likeness (QED) is 0.805. The molecule has 2 N–H and O–H groups in total. The normalized spacial score (nSPS) is 15.0. The van der Waals surface area contributed by atoms with Gasteiger partial charge >= 0.3 is 0 Å². The summed E-state index contributed by atoms with van der Waals surface area (Å²) in [5.74, 6) is -1.91. The molecule has 0 spiro atoms. The molecule has 1 aromatic rings. The van der Waals surface area contributed by atoms with Gasteiger partial charge in [0.25, 0.3) is 0 Å². The highest BCUT2D eigenvalue weighted by Gasteiger charge is 2.20. The largest absolute Gasteiger partial charge is 0.387 e. The van der Waals surface area contributed by atoms with Gasteiger partial charge in [-0.2, -0.15) is 0 Å². The van der Waals surface area contributed by atoms with Crippen LogP contribution in [-0.2, 0) is 0 Å². The fourth-order valence-electron chi connectivity index (χ4n) is 1.45. The highest BCUT2D eigenvalue weighted by molar-refractivity contribution is 5.22. The van der Waals surface area contributed by atoms with Crippen molar-refractivity contribution < 1.29 is 13.9 Å². The minimum atomic E-state index is -1.04. The van der Waals surface area contributed by atoms with Crippen LogP contribution in [0.15, 0.2) is 18.2 Å². The SMILES string of the molecule is CCNC(C)C(O)c1cccc(F)c1F. The molecule has 2 unspecified atom stereocenters. The van der Waals surface area contributed by atoms with E-state index in [9.17, 15) is 13.9 Å². The molecule has 0 saturated carbocycles. The van der Waals surface area contributed by atoms with E-state index in [1.165, 1.54) is 12.1 Å². The Morgan fingerprint density at radius 2 is 2.07 bits per heavy atom. The molecule has 0 amide bonds. The molecule has 0 radical (unpaired) electrons. The van der Waals surface area contributed by atoms with Gasteiger partial charge in [0.15, 0.2) is 11.6 Å². The molecule has 1 rings (SSSR count). The lowest BCUT2D eigenvalue weighted by Crippen LogP contribution is -2.32. The third-order valence-electron chi connectivity index (χ3n) is 2.30. The topological polar surface area (TPSA) is 32.3 Å². The van der Waals surface area contributed by atoms with Crippen molar-refractivity contribution in [2.45, 2.75) is 26.0 Å². The van der Waals surface area contributed by atoms with Crippen molar-refractivity contribution in [2.24, 2.45) is 0 Å². The highest BCUT2D eigenvalue weighted by atomic mass is 19.2. The predicted molar refractivity (Wildman–Crippen MR) is 54.5 cm³/mol. The average molecular weight is 215 g/mol. The van der Waals surface area contributed by atoms with Crippen molar-refractivity contribution >= 4 is 0 Å². The van der Waals surface area contributed by atoms with Crippen LogP contribution in [0.2, 0.25) is 0 Å². The number of aliphatic hydroxyl groups excluding tert-OH is 1. The average Bonchev–Trinajstić information content (AvgIpc) is 2.21. The van der Waals surface area contributed by atoms with Gasteiger partial charge in [-0.1, -0.05) is 19.1 Å². The van der Waals surface area contributed by atoms with E-state index in [1.807, 2.05) is 6.92 Å². The number of likely N-dealkylation sites (N-methyl/N-ethyl adjacent to an activating group) is 1. The fourth-order valence-corrected chi connectivity index (χ4v) is 1.45.